The number of nitrogens with two attached hydrogens (primary N) is 1. The van der Waals surface area contributed by atoms with E-state index < -0.39 is 17.8 Å². The lowest BCUT2D eigenvalue weighted by molar-refractivity contribution is -0.134. The summed E-state index contributed by atoms with van der Waals surface area (Å²) in [5, 5.41) is 15.6. The number of rotatable bonds is 6. The molecule has 0 amide bonds. The van der Waals surface area contributed by atoms with E-state index in [9.17, 15) is 14.0 Å². The molecule has 0 saturated carbocycles. The van der Waals surface area contributed by atoms with E-state index in [-0.39, 0.29) is 6.04 Å². The van der Waals surface area contributed by atoms with Crippen LogP contribution in [0.5, 0.6) is 0 Å². The Labute approximate surface area is 196 Å². The van der Waals surface area contributed by atoms with E-state index in [2.05, 4.69) is 38.0 Å². The number of carboxylic acids is 2. The maximum atomic E-state index is 13.0. The lowest BCUT2D eigenvalue weighted by Crippen LogP contribution is -2.55. The minimum absolute atomic E-state index is 0.166. The number of nitrogens with zero attached hydrogens (tertiary/aromatic N) is 5. The summed E-state index contributed by atoms with van der Waals surface area (Å²) in [5.74, 6) is -2.34. The van der Waals surface area contributed by atoms with E-state index in [0.29, 0.717) is 24.6 Å². The predicted molar refractivity (Wildman–Crippen MR) is 125 cm³/mol. The van der Waals surface area contributed by atoms with Gasteiger partial charge >= 0.3 is 11.9 Å². The van der Waals surface area contributed by atoms with Crippen LogP contribution in [0.15, 0.2) is 53.8 Å². The number of fused-ring (bicyclic) bond motifs is 1. The summed E-state index contributed by atoms with van der Waals surface area (Å²) in [4.78, 5) is 36.6. The van der Waals surface area contributed by atoms with Gasteiger partial charge in [0.25, 0.3) is 0 Å². The van der Waals surface area contributed by atoms with Crippen molar-refractivity contribution >= 4 is 29.3 Å². The standard InChI is InChI=1S/C19H23FN6.C4H4O4/c20-15-12-22-19(23-13-15)26-9-7-25(8-10-26)18(11-21)17-6-5-14-3-1-2-4-16(14)24-17;5-3(6)1-2-4(7)8/h1-4,12-13,18H,5-11,21H2;1-2H,(H,5,6)(H,7,8)/b;2-1+. The molecule has 1 aromatic carbocycles. The molecule has 2 aliphatic rings. The lowest BCUT2D eigenvalue weighted by Gasteiger charge is -2.39. The van der Waals surface area contributed by atoms with Gasteiger partial charge in [0.05, 0.1) is 24.1 Å². The molecule has 180 valence electrons. The third kappa shape index (κ3) is 6.90. The normalized spacial score (nSPS) is 16.8. The van der Waals surface area contributed by atoms with Crippen molar-refractivity contribution in [1.29, 1.82) is 0 Å². The van der Waals surface area contributed by atoms with Crippen molar-refractivity contribution < 1.29 is 24.2 Å². The first-order chi connectivity index (χ1) is 16.4. The van der Waals surface area contributed by atoms with Crippen LogP contribution in [-0.2, 0) is 16.0 Å². The molecule has 1 unspecified atom stereocenters. The number of carboxylic acid groups (broad SMARTS) is 2. The van der Waals surface area contributed by atoms with Gasteiger partial charge in [-0.05, 0) is 24.5 Å². The van der Waals surface area contributed by atoms with Crippen molar-refractivity contribution in [2.75, 3.05) is 37.6 Å². The minimum atomic E-state index is -1.26. The monoisotopic (exact) mass is 470 g/mol. The first kappa shape index (κ1) is 24.9. The molecular weight excluding hydrogens is 443 g/mol. The largest absolute Gasteiger partial charge is 0.478 e. The van der Waals surface area contributed by atoms with Crippen LogP contribution in [-0.4, -0.2) is 81.5 Å². The third-order valence-electron chi connectivity index (χ3n) is 5.53. The number of carbonyl (C=O) groups is 2. The van der Waals surface area contributed by atoms with Gasteiger partial charge in [-0.25, -0.2) is 23.9 Å². The van der Waals surface area contributed by atoms with Gasteiger partial charge in [-0.3, -0.25) is 9.89 Å². The number of para-hydroxylation sites is 1. The van der Waals surface area contributed by atoms with E-state index in [0.717, 1.165) is 44.7 Å². The summed E-state index contributed by atoms with van der Waals surface area (Å²) in [6.45, 7) is 3.89. The predicted octanol–water partition coefficient (Wildman–Crippen LogP) is 1.50. The van der Waals surface area contributed by atoms with Crippen LogP contribution < -0.4 is 10.6 Å². The number of aliphatic carboxylic acids is 2. The zero-order chi connectivity index (χ0) is 24.5. The summed E-state index contributed by atoms with van der Waals surface area (Å²) in [6.07, 6.45) is 5.52. The minimum Gasteiger partial charge on any atom is -0.478 e. The summed E-state index contributed by atoms with van der Waals surface area (Å²) in [5.41, 5.74) is 9.68. The van der Waals surface area contributed by atoms with E-state index >= 15 is 0 Å². The topological polar surface area (TPSA) is 145 Å². The smallest absolute Gasteiger partial charge is 0.328 e. The molecule has 1 atom stereocenters. The molecule has 34 heavy (non-hydrogen) atoms. The van der Waals surface area contributed by atoms with Crippen molar-refractivity contribution in [3.05, 3.63) is 60.2 Å². The summed E-state index contributed by atoms with van der Waals surface area (Å²) in [6, 6.07) is 8.49. The fourth-order valence-electron chi connectivity index (χ4n) is 3.89. The summed E-state index contributed by atoms with van der Waals surface area (Å²) < 4.78 is 13.0. The van der Waals surface area contributed by atoms with E-state index in [1.165, 1.54) is 23.7 Å². The van der Waals surface area contributed by atoms with Gasteiger partial charge in [0.15, 0.2) is 5.82 Å². The van der Waals surface area contributed by atoms with Gasteiger partial charge in [-0.1, -0.05) is 18.2 Å². The zero-order valence-corrected chi connectivity index (χ0v) is 18.5. The van der Waals surface area contributed by atoms with Crippen molar-refractivity contribution in [3.63, 3.8) is 0 Å². The Bertz CT molecular complexity index is 1040. The maximum Gasteiger partial charge on any atom is 0.328 e. The molecule has 2 aliphatic heterocycles. The average Bonchev–Trinajstić information content (AvgIpc) is 2.84. The Kier molecular flexibility index (Phi) is 8.77. The molecule has 0 spiro atoms. The van der Waals surface area contributed by atoms with Crippen LogP contribution in [0.25, 0.3) is 0 Å². The highest BCUT2D eigenvalue weighted by Gasteiger charge is 2.28. The molecule has 0 bridgehead atoms. The number of piperazine rings is 1. The SMILES string of the molecule is NCC(C1=Nc2ccccc2CC1)N1CCN(c2ncc(F)cn2)CC1.O=C(O)/C=C/C(=O)O. The number of anilines is 1. The van der Waals surface area contributed by atoms with Crippen molar-refractivity contribution in [2.45, 2.75) is 18.9 Å². The number of hydrogen-bond donors (Lipinski definition) is 3. The molecule has 2 aromatic rings. The van der Waals surface area contributed by atoms with Crippen LogP contribution in [0.4, 0.5) is 16.0 Å². The lowest BCUT2D eigenvalue weighted by atomic mass is 9.96. The van der Waals surface area contributed by atoms with E-state index in [4.69, 9.17) is 20.9 Å². The number of aliphatic imine (C=N–C) groups is 1. The molecule has 4 N–H and O–H groups in total. The molecule has 0 radical (unpaired) electrons. The van der Waals surface area contributed by atoms with Gasteiger partial charge in [0.1, 0.15) is 0 Å². The molecule has 1 aromatic heterocycles. The van der Waals surface area contributed by atoms with Crippen LogP contribution >= 0.6 is 0 Å². The van der Waals surface area contributed by atoms with Crippen LogP contribution in [0, 0.1) is 5.82 Å². The molecule has 0 aliphatic carbocycles. The van der Waals surface area contributed by atoms with Gasteiger partial charge in [-0.15, -0.1) is 0 Å². The van der Waals surface area contributed by atoms with Crippen LogP contribution in [0.3, 0.4) is 0 Å². The zero-order valence-electron chi connectivity index (χ0n) is 18.5. The summed E-state index contributed by atoms with van der Waals surface area (Å²) in [7, 11) is 0. The quantitative estimate of drug-likeness (QED) is 0.535. The van der Waals surface area contributed by atoms with Crippen LogP contribution in [0.2, 0.25) is 0 Å². The van der Waals surface area contributed by atoms with Gasteiger partial charge in [0, 0.05) is 50.6 Å². The Hall–Kier alpha value is -3.70. The number of benzene rings is 1. The Morgan fingerprint density at radius 3 is 2.24 bits per heavy atom. The van der Waals surface area contributed by atoms with E-state index in [1.54, 1.807) is 0 Å². The number of halogens is 1. The molecule has 3 heterocycles. The second-order valence-corrected chi connectivity index (χ2v) is 7.72. The highest BCUT2D eigenvalue weighted by Crippen LogP contribution is 2.27. The van der Waals surface area contributed by atoms with Gasteiger partial charge in [0.2, 0.25) is 5.95 Å². The maximum absolute atomic E-state index is 13.0. The fourth-order valence-corrected chi connectivity index (χ4v) is 3.89. The second-order valence-electron chi connectivity index (χ2n) is 7.72. The first-order valence-corrected chi connectivity index (χ1v) is 10.8. The summed E-state index contributed by atoms with van der Waals surface area (Å²) >= 11 is 0. The van der Waals surface area contributed by atoms with Crippen molar-refractivity contribution in [2.24, 2.45) is 10.7 Å². The Morgan fingerprint density at radius 2 is 1.65 bits per heavy atom. The molecule has 10 nitrogen and oxygen atoms in total. The number of aryl methyl sites for hydroxylation is 1. The molecular formula is C23H27FN6O4. The third-order valence-corrected chi connectivity index (χ3v) is 5.53. The number of hydrogen-bond acceptors (Lipinski definition) is 8. The molecule has 4 rings (SSSR count). The van der Waals surface area contributed by atoms with Crippen molar-refractivity contribution in [1.82, 2.24) is 14.9 Å². The van der Waals surface area contributed by atoms with Crippen molar-refractivity contribution in [3.8, 4) is 0 Å². The molecule has 1 saturated heterocycles. The Morgan fingerprint density at radius 1 is 1.03 bits per heavy atom. The van der Waals surface area contributed by atoms with Crippen LogP contribution in [0.1, 0.15) is 12.0 Å². The average molecular weight is 471 g/mol. The highest BCUT2D eigenvalue weighted by atomic mass is 19.1. The van der Waals surface area contributed by atoms with E-state index in [1.807, 2.05) is 6.07 Å². The highest BCUT2D eigenvalue weighted by molar-refractivity contribution is 5.94. The van der Waals surface area contributed by atoms with Gasteiger partial charge < -0.3 is 20.8 Å². The first-order valence-electron chi connectivity index (χ1n) is 10.8. The second kappa shape index (κ2) is 12.0. The molecule has 1 fully saturated rings. The molecule has 11 heteroatoms. The fraction of sp³-hybridized carbons (Fsp3) is 0.348. The number of aromatic nitrogens is 2. The Balaban J connectivity index is 0.000000350. The van der Waals surface area contributed by atoms with Gasteiger partial charge in [-0.2, -0.15) is 0 Å².